The van der Waals surface area contributed by atoms with E-state index in [9.17, 15) is 4.79 Å². The van der Waals surface area contributed by atoms with Gasteiger partial charge in [0.25, 0.3) is 0 Å². The number of allylic oxidation sites excluding steroid dienone is 3. The Morgan fingerprint density at radius 1 is 1.55 bits per heavy atom. The second kappa shape index (κ2) is 7.05. The van der Waals surface area contributed by atoms with Gasteiger partial charge in [0.1, 0.15) is 11.9 Å². The molecule has 1 aliphatic rings. The Morgan fingerprint density at radius 2 is 2.32 bits per heavy atom. The molecule has 0 radical (unpaired) electrons. The summed E-state index contributed by atoms with van der Waals surface area (Å²) >= 11 is 3.22. The molecular weight excluding hydrogens is 344 g/mol. The zero-order valence-corrected chi connectivity index (χ0v) is 13.5. The van der Waals surface area contributed by atoms with Gasteiger partial charge in [-0.25, -0.2) is 4.98 Å². The first kappa shape index (κ1) is 16.0. The van der Waals surface area contributed by atoms with Crippen LogP contribution in [0.2, 0.25) is 0 Å². The number of hydrogen-bond donors (Lipinski definition) is 1. The molecule has 0 bridgehead atoms. The number of carbonyl (C=O) groups is 1. The smallest absolute Gasteiger partial charge is 0.249 e. The molecule has 2 rings (SSSR count). The van der Waals surface area contributed by atoms with E-state index in [4.69, 9.17) is 5.26 Å². The van der Waals surface area contributed by atoms with E-state index in [1.165, 1.54) is 0 Å². The number of rotatable bonds is 5. The molecule has 6 heteroatoms. The maximum absolute atomic E-state index is 12.4. The molecule has 1 unspecified atom stereocenters. The fourth-order valence-corrected chi connectivity index (χ4v) is 2.27. The zero-order chi connectivity index (χ0) is 16.1. The van der Waals surface area contributed by atoms with Crippen molar-refractivity contribution in [3.63, 3.8) is 0 Å². The van der Waals surface area contributed by atoms with Crippen molar-refractivity contribution >= 4 is 27.7 Å². The first-order valence-corrected chi connectivity index (χ1v) is 7.46. The maximum atomic E-state index is 12.4. The van der Waals surface area contributed by atoms with Crippen LogP contribution in [0.15, 0.2) is 53.8 Å². The molecule has 22 heavy (non-hydrogen) atoms. The number of aromatic nitrogens is 1. The van der Waals surface area contributed by atoms with Crippen molar-refractivity contribution in [3.8, 4) is 6.07 Å². The summed E-state index contributed by atoms with van der Waals surface area (Å²) < 4.78 is 0.715. The predicted octanol–water partition coefficient (Wildman–Crippen LogP) is 2.94. The monoisotopic (exact) mass is 358 g/mol. The van der Waals surface area contributed by atoms with Gasteiger partial charge in [0.15, 0.2) is 0 Å². The van der Waals surface area contributed by atoms with Crippen molar-refractivity contribution in [2.45, 2.75) is 12.5 Å². The molecule has 1 saturated heterocycles. The Hall–Kier alpha value is -2.39. The summed E-state index contributed by atoms with van der Waals surface area (Å²) in [6.45, 7) is 8.19. The molecule has 2 heterocycles. The lowest BCUT2D eigenvalue weighted by molar-refractivity contribution is -0.126. The first-order valence-electron chi connectivity index (χ1n) is 6.66. The second-order valence-electron chi connectivity index (χ2n) is 4.79. The maximum Gasteiger partial charge on any atom is 0.249 e. The van der Waals surface area contributed by atoms with Crippen LogP contribution < -0.4 is 5.32 Å². The van der Waals surface area contributed by atoms with Crippen LogP contribution in [0.3, 0.4) is 0 Å². The van der Waals surface area contributed by atoms with E-state index in [-0.39, 0.29) is 11.9 Å². The van der Waals surface area contributed by atoms with Crippen LogP contribution in [0.4, 0.5) is 5.82 Å². The number of carbonyl (C=O) groups excluding carboxylic acids is 1. The minimum atomic E-state index is -0.362. The Kier molecular flexibility index (Phi) is 5.12. The Balaban J connectivity index is 2.03. The summed E-state index contributed by atoms with van der Waals surface area (Å²) in [5, 5.41) is 12.0. The van der Waals surface area contributed by atoms with Crippen LogP contribution in [0.5, 0.6) is 0 Å². The molecule has 1 fully saturated rings. The van der Waals surface area contributed by atoms with Crippen LogP contribution >= 0.6 is 15.9 Å². The number of amides is 1. The van der Waals surface area contributed by atoms with E-state index < -0.39 is 0 Å². The molecule has 1 aromatic heterocycles. The number of hydrogen-bond acceptors (Lipinski definition) is 4. The molecule has 5 nitrogen and oxygen atoms in total. The topological polar surface area (TPSA) is 69.0 Å². The standard InChI is InChI=1S/C16H15BrN4O/c1-11(17)3-4-12(2)21-8-6-14(16(21)22)20-15-9-13(10-18)5-7-19-15/h3-5,7,9,14H,1-2,6,8H2,(H,19,20)/b4-3-. The van der Waals surface area contributed by atoms with Crippen molar-refractivity contribution < 1.29 is 4.79 Å². The predicted molar refractivity (Wildman–Crippen MR) is 89.0 cm³/mol. The fraction of sp³-hybridized carbons (Fsp3) is 0.188. The third kappa shape index (κ3) is 3.83. The fourth-order valence-electron chi connectivity index (χ4n) is 2.13. The second-order valence-corrected chi connectivity index (χ2v) is 5.81. The average molecular weight is 359 g/mol. The largest absolute Gasteiger partial charge is 0.358 e. The summed E-state index contributed by atoms with van der Waals surface area (Å²) in [4.78, 5) is 18.1. The molecule has 1 aliphatic heterocycles. The van der Waals surface area contributed by atoms with E-state index in [1.807, 2.05) is 6.07 Å². The van der Waals surface area contributed by atoms with Crippen molar-refractivity contribution in [2.24, 2.45) is 0 Å². The van der Waals surface area contributed by atoms with Gasteiger partial charge in [-0.05, 0) is 30.7 Å². The van der Waals surface area contributed by atoms with E-state index in [1.54, 1.807) is 35.4 Å². The SMILES string of the molecule is C=C(Br)/C=C\C(=C)N1CCC(Nc2cc(C#N)ccn2)C1=O. The molecule has 1 N–H and O–H groups in total. The quantitative estimate of drug-likeness (QED) is 0.821. The molecule has 112 valence electrons. The molecule has 1 aromatic rings. The number of anilines is 1. The van der Waals surface area contributed by atoms with Gasteiger partial charge in [-0.15, -0.1) is 0 Å². The van der Waals surface area contributed by atoms with E-state index in [0.717, 1.165) is 0 Å². The summed E-state index contributed by atoms with van der Waals surface area (Å²) in [5.41, 5.74) is 1.12. The number of halogens is 1. The normalized spacial score (nSPS) is 17.5. The number of nitrogens with one attached hydrogen (secondary N) is 1. The number of pyridine rings is 1. The number of nitrogens with zero attached hydrogens (tertiary/aromatic N) is 3. The molecule has 1 amide bonds. The average Bonchev–Trinajstić information content (AvgIpc) is 2.86. The van der Waals surface area contributed by atoms with Crippen molar-refractivity contribution in [3.05, 3.63) is 59.4 Å². The zero-order valence-electron chi connectivity index (χ0n) is 11.9. The third-order valence-electron chi connectivity index (χ3n) is 3.22. The van der Waals surface area contributed by atoms with Crippen molar-refractivity contribution in [1.29, 1.82) is 5.26 Å². The van der Waals surface area contributed by atoms with Gasteiger partial charge in [-0.1, -0.05) is 29.1 Å². The van der Waals surface area contributed by atoms with Crippen molar-refractivity contribution in [1.82, 2.24) is 9.88 Å². The van der Waals surface area contributed by atoms with E-state index >= 15 is 0 Å². The summed E-state index contributed by atoms with van der Waals surface area (Å²) in [6.07, 6.45) is 5.68. The Labute approximate surface area is 137 Å². The van der Waals surface area contributed by atoms with Crippen LogP contribution in [0, 0.1) is 11.3 Å². The molecule has 0 aliphatic carbocycles. The van der Waals surface area contributed by atoms with Crippen LogP contribution in [-0.2, 0) is 4.79 Å². The Bertz CT molecular complexity index is 690. The lowest BCUT2D eigenvalue weighted by atomic mass is 10.2. The molecule has 0 saturated carbocycles. The van der Waals surface area contributed by atoms with Crippen molar-refractivity contribution in [2.75, 3.05) is 11.9 Å². The first-order chi connectivity index (χ1) is 10.5. The highest BCUT2D eigenvalue weighted by molar-refractivity contribution is 9.11. The van der Waals surface area contributed by atoms with Gasteiger partial charge >= 0.3 is 0 Å². The molecular formula is C16H15BrN4O. The minimum Gasteiger partial charge on any atom is -0.358 e. The van der Waals surface area contributed by atoms with E-state index in [2.05, 4.69) is 39.4 Å². The van der Waals surface area contributed by atoms with Gasteiger partial charge in [0.05, 0.1) is 11.6 Å². The van der Waals surface area contributed by atoms with Gasteiger partial charge in [-0.2, -0.15) is 5.26 Å². The molecule has 0 aromatic carbocycles. The number of nitriles is 1. The van der Waals surface area contributed by atoms with Crippen LogP contribution in [-0.4, -0.2) is 28.4 Å². The highest BCUT2D eigenvalue weighted by Gasteiger charge is 2.32. The number of likely N-dealkylation sites (tertiary alicyclic amines) is 1. The van der Waals surface area contributed by atoms with Crippen LogP contribution in [0.1, 0.15) is 12.0 Å². The van der Waals surface area contributed by atoms with Crippen LogP contribution in [0.25, 0.3) is 0 Å². The molecule has 1 atom stereocenters. The lowest BCUT2D eigenvalue weighted by Crippen LogP contribution is -2.32. The van der Waals surface area contributed by atoms with Gasteiger partial charge < -0.3 is 10.2 Å². The minimum absolute atomic E-state index is 0.0565. The Morgan fingerprint density at radius 3 is 3.00 bits per heavy atom. The summed E-state index contributed by atoms with van der Waals surface area (Å²) in [5.74, 6) is 0.466. The highest BCUT2D eigenvalue weighted by Crippen LogP contribution is 2.20. The lowest BCUT2D eigenvalue weighted by Gasteiger charge is -2.17. The summed E-state index contributed by atoms with van der Waals surface area (Å²) in [7, 11) is 0. The van der Waals surface area contributed by atoms with Gasteiger partial charge in [-0.3, -0.25) is 4.79 Å². The van der Waals surface area contributed by atoms with E-state index in [0.29, 0.717) is 34.5 Å². The van der Waals surface area contributed by atoms with Gasteiger partial charge in [0.2, 0.25) is 5.91 Å². The summed E-state index contributed by atoms with van der Waals surface area (Å²) in [6, 6.07) is 4.93. The van der Waals surface area contributed by atoms with Gasteiger partial charge in [0, 0.05) is 22.9 Å². The third-order valence-corrected chi connectivity index (χ3v) is 3.48. The molecule has 0 spiro atoms. The highest BCUT2D eigenvalue weighted by atomic mass is 79.9.